The predicted molar refractivity (Wildman–Crippen MR) is 68.4 cm³/mol. The molecule has 3 nitrogen and oxygen atoms in total. The van der Waals surface area contributed by atoms with Gasteiger partial charge in [-0.3, -0.25) is 4.68 Å². The van der Waals surface area contributed by atoms with Gasteiger partial charge < -0.3 is 4.74 Å². The van der Waals surface area contributed by atoms with E-state index >= 15 is 0 Å². The zero-order valence-electron chi connectivity index (χ0n) is 9.71. The molecule has 0 radical (unpaired) electrons. The van der Waals surface area contributed by atoms with Crippen molar-refractivity contribution in [2.24, 2.45) is 0 Å². The van der Waals surface area contributed by atoms with Crippen molar-refractivity contribution in [2.75, 3.05) is 0 Å². The van der Waals surface area contributed by atoms with Gasteiger partial charge in [0.25, 0.3) is 0 Å². The molecule has 0 aromatic carbocycles. The maximum absolute atomic E-state index is 5.72. The summed E-state index contributed by atoms with van der Waals surface area (Å²) in [4.78, 5) is 1.25. The maximum Gasteiger partial charge on any atom is 0.157 e. The topological polar surface area (TPSA) is 27.1 Å². The van der Waals surface area contributed by atoms with Gasteiger partial charge in [-0.1, -0.05) is 18.9 Å². The predicted octanol–water partition coefficient (Wildman–Crippen LogP) is 3.64. The molecule has 0 aliphatic heterocycles. The highest BCUT2D eigenvalue weighted by Gasteiger charge is 2.17. The molecule has 17 heavy (non-hydrogen) atoms. The van der Waals surface area contributed by atoms with Gasteiger partial charge in [0.2, 0.25) is 0 Å². The van der Waals surface area contributed by atoms with E-state index in [1.807, 2.05) is 18.5 Å². The Morgan fingerprint density at radius 2 is 2.29 bits per heavy atom. The lowest BCUT2D eigenvalue weighted by atomic mass is 10.3. The monoisotopic (exact) mass is 248 g/mol. The van der Waals surface area contributed by atoms with Crippen LogP contribution in [0.3, 0.4) is 0 Å². The number of nitrogens with zero attached hydrogens (tertiary/aromatic N) is 2. The van der Waals surface area contributed by atoms with Gasteiger partial charge >= 0.3 is 0 Å². The lowest BCUT2D eigenvalue weighted by Crippen LogP contribution is -2.04. The van der Waals surface area contributed by atoms with Crippen molar-refractivity contribution in [2.45, 2.75) is 38.3 Å². The van der Waals surface area contributed by atoms with Crippen molar-refractivity contribution in [3.63, 3.8) is 0 Å². The number of hydrogen-bond acceptors (Lipinski definition) is 3. The maximum atomic E-state index is 5.72. The molecule has 0 bridgehead atoms. The fourth-order valence-electron chi connectivity index (χ4n) is 2.31. The van der Waals surface area contributed by atoms with Gasteiger partial charge in [0.1, 0.15) is 6.61 Å². The van der Waals surface area contributed by atoms with E-state index < -0.39 is 0 Å². The smallest absolute Gasteiger partial charge is 0.157 e. The second-order valence-corrected chi connectivity index (χ2v) is 5.49. The first-order chi connectivity index (χ1) is 8.42. The Kier molecular flexibility index (Phi) is 3.14. The van der Waals surface area contributed by atoms with Crippen molar-refractivity contribution >= 4 is 11.3 Å². The van der Waals surface area contributed by atoms with Crippen molar-refractivity contribution in [1.29, 1.82) is 0 Å². The zero-order valence-corrected chi connectivity index (χ0v) is 10.5. The Bertz CT molecular complexity index is 457. The molecule has 0 spiro atoms. The quantitative estimate of drug-likeness (QED) is 0.826. The van der Waals surface area contributed by atoms with E-state index in [9.17, 15) is 0 Å². The molecule has 90 valence electrons. The summed E-state index contributed by atoms with van der Waals surface area (Å²) in [6.45, 7) is 0.647. The number of ether oxygens (including phenoxy) is 1. The molecular weight excluding hydrogens is 232 g/mol. The Morgan fingerprint density at radius 3 is 3.06 bits per heavy atom. The molecule has 3 rings (SSSR count). The lowest BCUT2D eigenvalue weighted by Gasteiger charge is -2.08. The molecule has 1 fully saturated rings. The standard InChI is InChI=1S/C13H16N2OS/c1-2-5-11(4-1)15-9-12(8-14-15)16-10-13-6-3-7-17-13/h3,6-9,11H,1-2,4-5,10H2. The van der Waals surface area contributed by atoms with E-state index in [-0.39, 0.29) is 0 Å². The average Bonchev–Trinajstić information content (AvgIpc) is 3.09. The second kappa shape index (κ2) is 4.92. The van der Waals surface area contributed by atoms with Crippen LogP contribution in [0.5, 0.6) is 5.75 Å². The van der Waals surface area contributed by atoms with E-state index in [1.54, 1.807) is 11.3 Å². The van der Waals surface area contributed by atoms with Crippen LogP contribution in [0.2, 0.25) is 0 Å². The molecule has 2 aromatic heterocycles. The first-order valence-corrected chi connectivity index (χ1v) is 6.99. The lowest BCUT2D eigenvalue weighted by molar-refractivity contribution is 0.308. The van der Waals surface area contributed by atoms with Gasteiger partial charge in [-0.25, -0.2) is 0 Å². The summed E-state index contributed by atoms with van der Waals surface area (Å²) >= 11 is 1.72. The minimum absolute atomic E-state index is 0.592. The highest BCUT2D eigenvalue weighted by molar-refractivity contribution is 7.09. The van der Waals surface area contributed by atoms with Crippen LogP contribution < -0.4 is 4.74 Å². The molecule has 1 aliphatic carbocycles. The first-order valence-electron chi connectivity index (χ1n) is 6.11. The highest BCUT2D eigenvalue weighted by Crippen LogP contribution is 2.29. The molecule has 0 N–H and O–H groups in total. The summed E-state index contributed by atoms with van der Waals surface area (Å²) in [6, 6.07) is 4.73. The number of rotatable bonds is 4. The molecular formula is C13H16N2OS. The van der Waals surface area contributed by atoms with Crippen molar-refractivity contribution < 1.29 is 4.74 Å². The number of aromatic nitrogens is 2. The number of hydrogen-bond donors (Lipinski definition) is 0. The Hall–Kier alpha value is -1.29. The molecule has 0 unspecified atom stereocenters. The molecule has 1 aliphatic rings. The highest BCUT2D eigenvalue weighted by atomic mass is 32.1. The second-order valence-electron chi connectivity index (χ2n) is 4.46. The van der Waals surface area contributed by atoms with E-state index in [0.717, 1.165) is 5.75 Å². The average molecular weight is 248 g/mol. The minimum Gasteiger partial charge on any atom is -0.485 e. The molecule has 2 heterocycles. The van der Waals surface area contributed by atoms with Crippen molar-refractivity contribution in [3.8, 4) is 5.75 Å². The van der Waals surface area contributed by atoms with Crippen molar-refractivity contribution in [1.82, 2.24) is 9.78 Å². The molecule has 1 saturated carbocycles. The van der Waals surface area contributed by atoms with Crippen LogP contribution in [-0.4, -0.2) is 9.78 Å². The molecule has 0 atom stereocenters. The van der Waals surface area contributed by atoms with Gasteiger partial charge in [-0.2, -0.15) is 5.10 Å². The van der Waals surface area contributed by atoms with Crippen LogP contribution in [0.15, 0.2) is 29.9 Å². The summed E-state index contributed by atoms with van der Waals surface area (Å²) in [5.41, 5.74) is 0. The third-order valence-corrected chi connectivity index (χ3v) is 4.09. The number of thiophene rings is 1. The normalized spacial score (nSPS) is 16.5. The summed E-state index contributed by atoms with van der Waals surface area (Å²) < 4.78 is 7.78. The molecule has 0 amide bonds. The molecule has 2 aromatic rings. The van der Waals surface area contributed by atoms with Gasteiger partial charge in [0.15, 0.2) is 5.75 Å². The summed E-state index contributed by atoms with van der Waals surface area (Å²) in [5, 5.41) is 6.46. The van der Waals surface area contributed by atoms with Crippen LogP contribution in [0, 0.1) is 0 Å². The summed E-state index contributed by atoms with van der Waals surface area (Å²) in [6.07, 6.45) is 9.03. The van der Waals surface area contributed by atoms with E-state index in [1.165, 1.54) is 30.6 Å². The van der Waals surface area contributed by atoms with E-state index in [0.29, 0.717) is 12.6 Å². The van der Waals surface area contributed by atoms with Crippen LogP contribution in [0.25, 0.3) is 0 Å². The van der Waals surface area contributed by atoms with E-state index in [2.05, 4.69) is 21.2 Å². The zero-order chi connectivity index (χ0) is 11.5. The third-order valence-electron chi connectivity index (χ3n) is 3.24. The Labute approximate surface area is 105 Å². The van der Waals surface area contributed by atoms with Gasteiger partial charge in [0.05, 0.1) is 18.4 Å². The van der Waals surface area contributed by atoms with Crippen LogP contribution in [-0.2, 0) is 6.61 Å². The summed E-state index contributed by atoms with van der Waals surface area (Å²) in [5.74, 6) is 0.880. The van der Waals surface area contributed by atoms with E-state index in [4.69, 9.17) is 4.74 Å². The Balaban J connectivity index is 1.60. The van der Waals surface area contributed by atoms with Crippen LogP contribution in [0.1, 0.15) is 36.6 Å². The van der Waals surface area contributed by atoms with Gasteiger partial charge in [-0.05, 0) is 24.3 Å². The fourth-order valence-corrected chi connectivity index (χ4v) is 2.93. The van der Waals surface area contributed by atoms with Crippen molar-refractivity contribution in [3.05, 3.63) is 34.8 Å². The molecule has 0 saturated heterocycles. The largest absolute Gasteiger partial charge is 0.485 e. The SMILES string of the molecule is c1csc(COc2cnn(C3CCCC3)c2)c1. The van der Waals surface area contributed by atoms with Gasteiger partial charge in [0, 0.05) is 4.88 Å². The van der Waals surface area contributed by atoms with Gasteiger partial charge in [-0.15, -0.1) is 11.3 Å². The summed E-state index contributed by atoms with van der Waals surface area (Å²) in [7, 11) is 0. The molecule has 4 heteroatoms. The first kappa shape index (κ1) is 10.8. The van der Waals surface area contributed by atoms with Crippen LogP contribution >= 0.6 is 11.3 Å². The third kappa shape index (κ3) is 2.52. The van der Waals surface area contributed by atoms with Crippen LogP contribution in [0.4, 0.5) is 0 Å². The minimum atomic E-state index is 0.592. The fraction of sp³-hybridized carbons (Fsp3) is 0.462. The Morgan fingerprint density at radius 1 is 1.41 bits per heavy atom.